The molecule has 2 aromatic carbocycles. The molecule has 0 aromatic heterocycles. The number of allylic oxidation sites excluding steroid dienone is 2. The lowest BCUT2D eigenvalue weighted by atomic mass is 9.83. The fourth-order valence-electron chi connectivity index (χ4n) is 4.71. The van der Waals surface area contributed by atoms with E-state index >= 15 is 0 Å². The third-order valence-electron chi connectivity index (χ3n) is 6.92. The van der Waals surface area contributed by atoms with Crippen molar-refractivity contribution in [3.05, 3.63) is 89.5 Å². The maximum Gasteiger partial charge on any atom is 0.223 e. The van der Waals surface area contributed by atoms with E-state index in [1.807, 2.05) is 42.5 Å². The van der Waals surface area contributed by atoms with Gasteiger partial charge in [0.15, 0.2) is 0 Å². The summed E-state index contributed by atoms with van der Waals surface area (Å²) in [5.74, 6) is 1.96. The Kier molecular flexibility index (Phi) is 7.66. The van der Waals surface area contributed by atoms with Crippen LogP contribution in [-0.4, -0.2) is 30.5 Å². The van der Waals surface area contributed by atoms with E-state index in [0.29, 0.717) is 24.9 Å². The van der Waals surface area contributed by atoms with Gasteiger partial charge in [-0.1, -0.05) is 74.5 Å². The number of hydrogen-bond acceptors (Lipinski definition) is 3. The van der Waals surface area contributed by atoms with Crippen LogP contribution in [0, 0.1) is 11.8 Å². The number of piperidine rings is 1. The Labute approximate surface area is 197 Å². The summed E-state index contributed by atoms with van der Waals surface area (Å²) in [6.07, 6.45) is 9.17. The molecule has 0 saturated carbocycles. The van der Waals surface area contributed by atoms with Crippen molar-refractivity contribution < 1.29 is 14.3 Å². The average Bonchev–Trinajstić information content (AvgIpc) is 2.85. The molecule has 0 spiro atoms. The second-order valence-electron chi connectivity index (χ2n) is 9.22. The fourth-order valence-corrected chi connectivity index (χ4v) is 4.71. The molecule has 33 heavy (non-hydrogen) atoms. The number of hydrogen-bond donors (Lipinski definition) is 0. The SMILES string of the molecule is COc1ccc(CO[C@@H](c2ccccc2)[C@@H](C2=CC(C)C(C)C=C2)N2CCCCC2=O)cc1. The van der Waals surface area contributed by atoms with Crippen LogP contribution >= 0.6 is 0 Å². The summed E-state index contributed by atoms with van der Waals surface area (Å²) in [6, 6.07) is 18.2. The van der Waals surface area contributed by atoms with E-state index in [1.54, 1.807) is 7.11 Å². The first-order valence-electron chi connectivity index (χ1n) is 12.1. The predicted octanol–water partition coefficient (Wildman–Crippen LogP) is 6.10. The van der Waals surface area contributed by atoms with Gasteiger partial charge in [0.05, 0.1) is 19.8 Å². The van der Waals surface area contributed by atoms with Crippen LogP contribution in [0.15, 0.2) is 78.4 Å². The minimum absolute atomic E-state index is 0.148. The van der Waals surface area contributed by atoms with Crippen LogP contribution in [0.5, 0.6) is 5.75 Å². The second-order valence-corrected chi connectivity index (χ2v) is 9.22. The Bertz CT molecular complexity index is 980. The minimum atomic E-state index is -0.258. The molecule has 1 amide bonds. The Hall–Kier alpha value is -2.85. The standard InChI is InChI=1S/C29H35NO3/c1-21-12-15-25(19-22(21)2)28(30-18-8-7-11-27(30)31)29(24-9-5-4-6-10-24)33-20-23-13-16-26(32-3)17-14-23/h4-6,9-10,12-17,19,21-22,28-29H,7-8,11,18,20H2,1-3H3/t21?,22?,28-,29+/m1/s1. The smallest absolute Gasteiger partial charge is 0.223 e. The van der Waals surface area contributed by atoms with E-state index in [0.717, 1.165) is 36.3 Å². The van der Waals surface area contributed by atoms with Gasteiger partial charge in [0.1, 0.15) is 11.9 Å². The Morgan fingerprint density at radius 1 is 1.00 bits per heavy atom. The lowest BCUT2D eigenvalue weighted by Gasteiger charge is -2.41. The molecule has 2 aromatic rings. The molecule has 4 heteroatoms. The van der Waals surface area contributed by atoms with E-state index in [-0.39, 0.29) is 18.1 Å². The van der Waals surface area contributed by atoms with Gasteiger partial charge in [0.25, 0.3) is 0 Å². The lowest BCUT2D eigenvalue weighted by molar-refractivity contribution is -0.139. The normalized spacial score (nSPS) is 22.6. The molecule has 0 radical (unpaired) electrons. The van der Waals surface area contributed by atoms with Gasteiger partial charge in [-0.3, -0.25) is 4.79 Å². The highest BCUT2D eigenvalue weighted by molar-refractivity contribution is 5.78. The van der Waals surface area contributed by atoms with Crippen LogP contribution < -0.4 is 4.74 Å². The van der Waals surface area contributed by atoms with Crippen LogP contribution in [0.25, 0.3) is 0 Å². The summed E-state index contributed by atoms with van der Waals surface area (Å²) in [6.45, 7) is 5.72. The number of likely N-dealkylation sites (tertiary alicyclic amines) is 1. The van der Waals surface area contributed by atoms with Crippen molar-refractivity contribution in [2.45, 2.75) is 51.9 Å². The molecule has 4 atom stereocenters. The van der Waals surface area contributed by atoms with Gasteiger partial charge in [-0.05, 0) is 53.5 Å². The largest absolute Gasteiger partial charge is 0.497 e. The molecule has 1 heterocycles. The van der Waals surface area contributed by atoms with E-state index in [2.05, 4.69) is 49.1 Å². The fraction of sp³-hybridized carbons (Fsp3) is 0.414. The highest BCUT2D eigenvalue weighted by Gasteiger charge is 2.36. The van der Waals surface area contributed by atoms with Crippen LogP contribution in [0.3, 0.4) is 0 Å². The van der Waals surface area contributed by atoms with Crippen molar-refractivity contribution in [2.75, 3.05) is 13.7 Å². The Morgan fingerprint density at radius 3 is 2.42 bits per heavy atom. The average molecular weight is 446 g/mol. The first-order valence-corrected chi connectivity index (χ1v) is 12.1. The van der Waals surface area contributed by atoms with Crippen LogP contribution in [-0.2, 0) is 16.1 Å². The summed E-state index contributed by atoms with van der Waals surface area (Å²) in [4.78, 5) is 15.2. The van der Waals surface area contributed by atoms with Crippen molar-refractivity contribution in [2.24, 2.45) is 11.8 Å². The van der Waals surface area contributed by atoms with Crippen molar-refractivity contribution in [1.82, 2.24) is 4.90 Å². The number of ether oxygens (including phenoxy) is 2. The molecule has 174 valence electrons. The molecule has 0 N–H and O–H groups in total. The zero-order valence-electron chi connectivity index (χ0n) is 19.9. The summed E-state index contributed by atoms with van der Waals surface area (Å²) in [7, 11) is 1.67. The van der Waals surface area contributed by atoms with E-state index < -0.39 is 0 Å². The van der Waals surface area contributed by atoms with Crippen molar-refractivity contribution in [1.29, 1.82) is 0 Å². The van der Waals surface area contributed by atoms with Crippen LogP contribution in [0.1, 0.15) is 50.3 Å². The maximum absolute atomic E-state index is 13.1. The zero-order valence-corrected chi connectivity index (χ0v) is 19.9. The number of amides is 1. The highest BCUT2D eigenvalue weighted by atomic mass is 16.5. The molecular formula is C29H35NO3. The molecule has 1 aliphatic heterocycles. The topological polar surface area (TPSA) is 38.8 Å². The van der Waals surface area contributed by atoms with Crippen LogP contribution in [0.4, 0.5) is 0 Å². The van der Waals surface area contributed by atoms with Gasteiger partial charge in [-0.15, -0.1) is 0 Å². The number of rotatable bonds is 8. The Morgan fingerprint density at radius 2 is 1.76 bits per heavy atom. The summed E-state index contributed by atoms with van der Waals surface area (Å²) in [5.41, 5.74) is 3.35. The third-order valence-corrected chi connectivity index (χ3v) is 6.92. The quantitative estimate of drug-likeness (QED) is 0.493. The highest BCUT2D eigenvalue weighted by Crippen LogP contribution is 2.36. The second kappa shape index (κ2) is 10.8. The minimum Gasteiger partial charge on any atom is -0.497 e. The molecular weight excluding hydrogens is 410 g/mol. The maximum atomic E-state index is 13.1. The van der Waals surface area contributed by atoms with Crippen LogP contribution in [0.2, 0.25) is 0 Å². The predicted molar refractivity (Wildman–Crippen MR) is 132 cm³/mol. The van der Waals surface area contributed by atoms with Gasteiger partial charge in [-0.2, -0.15) is 0 Å². The Balaban J connectivity index is 1.69. The molecule has 1 aliphatic carbocycles. The van der Waals surface area contributed by atoms with Gasteiger partial charge in [-0.25, -0.2) is 0 Å². The van der Waals surface area contributed by atoms with Gasteiger partial charge >= 0.3 is 0 Å². The number of carbonyl (C=O) groups is 1. The molecule has 1 saturated heterocycles. The van der Waals surface area contributed by atoms with E-state index in [9.17, 15) is 4.79 Å². The summed E-state index contributed by atoms with van der Waals surface area (Å²) < 4.78 is 11.9. The monoisotopic (exact) mass is 445 g/mol. The number of nitrogens with zero attached hydrogens (tertiary/aromatic N) is 1. The lowest BCUT2D eigenvalue weighted by Crippen LogP contribution is -2.48. The third kappa shape index (κ3) is 5.56. The van der Waals surface area contributed by atoms with Gasteiger partial charge < -0.3 is 14.4 Å². The van der Waals surface area contributed by atoms with Gasteiger partial charge in [0.2, 0.25) is 5.91 Å². The summed E-state index contributed by atoms with van der Waals surface area (Å²) >= 11 is 0. The van der Waals surface area contributed by atoms with Crippen molar-refractivity contribution in [3.8, 4) is 5.75 Å². The zero-order chi connectivity index (χ0) is 23.2. The van der Waals surface area contributed by atoms with Gasteiger partial charge in [0, 0.05) is 13.0 Å². The summed E-state index contributed by atoms with van der Waals surface area (Å²) in [5, 5.41) is 0. The first-order chi connectivity index (χ1) is 16.1. The number of methoxy groups -OCH3 is 1. The molecule has 4 nitrogen and oxygen atoms in total. The molecule has 1 fully saturated rings. The number of carbonyl (C=O) groups excluding carboxylic acids is 1. The van der Waals surface area contributed by atoms with E-state index in [1.165, 1.54) is 5.57 Å². The first kappa shape index (κ1) is 23.3. The van der Waals surface area contributed by atoms with Crippen molar-refractivity contribution >= 4 is 5.91 Å². The van der Waals surface area contributed by atoms with E-state index in [4.69, 9.17) is 9.47 Å². The molecule has 2 unspecified atom stereocenters. The molecule has 4 rings (SSSR count). The number of benzene rings is 2. The molecule has 0 bridgehead atoms. The molecule has 2 aliphatic rings. The van der Waals surface area contributed by atoms with Crippen molar-refractivity contribution in [3.63, 3.8) is 0 Å².